The number of nitrogens with zero attached hydrogens (tertiary/aromatic N) is 3. The van der Waals surface area contributed by atoms with Crippen LogP contribution in [0.25, 0.3) is 0 Å². The Hall–Kier alpha value is -2.60. The molecule has 1 aliphatic carbocycles. The van der Waals surface area contributed by atoms with Gasteiger partial charge in [0, 0.05) is 38.4 Å². The van der Waals surface area contributed by atoms with E-state index in [-0.39, 0.29) is 5.91 Å². The van der Waals surface area contributed by atoms with Crippen LogP contribution in [0.1, 0.15) is 49.7 Å². The Labute approximate surface area is 192 Å². The second-order valence-corrected chi connectivity index (χ2v) is 8.96. The van der Waals surface area contributed by atoms with E-state index < -0.39 is 0 Å². The first-order valence-electron chi connectivity index (χ1n) is 11.7. The third-order valence-corrected chi connectivity index (χ3v) is 6.00. The summed E-state index contributed by atoms with van der Waals surface area (Å²) in [5.41, 5.74) is 2.08. The van der Waals surface area contributed by atoms with Gasteiger partial charge in [-0.05, 0) is 68.6 Å². The van der Waals surface area contributed by atoms with E-state index in [1.54, 1.807) is 13.3 Å². The highest BCUT2D eigenvalue weighted by Crippen LogP contribution is 2.31. The van der Waals surface area contributed by atoms with E-state index in [9.17, 15) is 4.79 Å². The second kappa shape index (κ2) is 12.4. The van der Waals surface area contributed by atoms with Crippen molar-refractivity contribution in [3.05, 3.63) is 53.9 Å². The molecule has 2 aromatic rings. The van der Waals surface area contributed by atoms with Crippen LogP contribution >= 0.6 is 0 Å². The standard InChI is InChI=1S/C26H37N3O3/c1-28(2)14-7-15-32-25-16-22(11-12-24(25)31-3)19-29(20-23-10-6-13-27-18-23)26(30)17-21-8-4-5-9-21/h6,10-13,16,18,21H,4-5,7-9,14-15,17,19-20H2,1-3H3. The van der Waals surface area contributed by atoms with Gasteiger partial charge < -0.3 is 19.3 Å². The van der Waals surface area contributed by atoms with Gasteiger partial charge in [-0.25, -0.2) is 0 Å². The Morgan fingerprint density at radius 1 is 1.09 bits per heavy atom. The average Bonchev–Trinajstić information content (AvgIpc) is 3.30. The molecule has 6 heteroatoms. The topological polar surface area (TPSA) is 54.9 Å². The van der Waals surface area contributed by atoms with Crippen molar-refractivity contribution in [3.8, 4) is 11.5 Å². The average molecular weight is 440 g/mol. The molecule has 0 radical (unpaired) electrons. The normalized spacial score (nSPS) is 14.0. The number of aromatic nitrogens is 1. The summed E-state index contributed by atoms with van der Waals surface area (Å²) in [6, 6.07) is 9.90. The predicted molar refractivity (Wildman–Crippen MR) is 127 cm³/mol. The van der Waals surface area contributed by atoms with Crippen LogP contribution in [0.15, 0.2) is 42.7 Å². The van der Waals surface area contributed by atoms with E-state index >= 15 is 0 Å². The van der Waals surface area contributed by atoms with Gasteiger partial charge in [0.05, 0.1) is 13.7 Å². The molecule has 0 atom stereocenters. The number of methoxy groups -OCH3 is 1. The Balaban J connectivity index is 1.71. The number of carbonyl (C=O) groups excluding carboxylic acids is 1. The zero-order chi connectivity index (χ0) is 22.8. The van der Waals surface area contributed by atoms with Crippen LogP contribution in [0.4, 0.5) is 0 Å². The van der Waals surface area contributed by atoms with E-state index in [2.05, 4.69) is 24.0 Å². The van der Waals surface area contributed by atoms with E-state index in [0.29, 0.717) is 32.0 Å². The fourth-order valence-corrected chi connectivity index (χ4v) is 4.25. The van der Waals surface area contributed by atoms with Gasteiger partial charge in [0.1, 0.15) is 0 Å². The Bertz CT molecular complexity index is 835. The van der Waals surface area contributed by atoms with Gasteiger partial charge in [0.15, 0.2) is 11.5 Å². The van der Waals surface area contributed by atoms with Crippen LogP contribution in [0, 0.1) is 5.92 Å². The van der Waals surface area contributed by atoms with Crippen LogP contribution in [0.2, 0.25) is 0 Å². The van der Waals surface area contributed by atoms with Gasteiger partial charge in [0.25, 0.3) is 0 Å². The number of pyridine rings is 1. The summed E-state index contributed by atoms with van der Waals surface area (Å²) in [4.78, 5) is 21.5. The van der Waals surface area contributed by atoms with Crippen LogP contribution < -0.4 is 9.47 Å². The van der Waals surface area contributed by atoms with Crippen molar-refractivity contribution in [2.75, 3.05) is 34.4 Å². The van der Waals surface area contributed by atoms with Crippen molar-refractivity contribution in [1.82, 2.24) is 14.8 Å². The molecule has 1 aliphatic rings. The molecule has 1 fully saturated rings. The molecule has 3 rings (SSSR count). The Morgan fingerprint density at radius 3 is 2.56 bits per heavy atom. The molecule has 0 spiro atoms. The number of ether oxygens (including phenoxy) is 2. The molecule has 1 aromatic carbocycles. The molecule has 1 amide bonds. The first-order valence-corrected chi connectivity index (χ1v) is 11.7. The van der Waals surface area contributed by atoms with Crippen molar-refractivity contribution in [1.29, 1.82) is 0 Å². The van der Waals surface area contributed by atoms with Crippen molar-refractivity contribution in [3.63, 3.8) is 0 Å². The number of benzene rings is 1. The minimum Gasteiger partial charge on any atom is -0.493 e. The number of hydrogen-bond donors (Lipinski definition) is 0. The summed E-state index contributed by atoms with van der Waals surface area (Å²) >= 11 is 0. The SMILES string of the molecule is COc1ccc(CN(Cc2cccnc2)C(=O)CC2CCCC2)cc1OCCCN(C)C. The first-order chi connectivity index (χ1) is 15.5. The molecular weight excluding hydrogens is 402 g/mol. The summed E-state index contributed by atoms with van der Waals surface area (Å²) in [6.45, 7) is 2.69. The van der Waals surface area contributed by atoms with Crippen molar-refractivity contribution < 1.29 is 14.3 Å². The largest absolute Gasteiger partial charge is 0.493 e. The van der Waals surface area contributed by atoms with Crippen LogP contribution in [-0.2, 0) is 17.9 Å². The molecule has 0 saturated heterocycles. The van der Waals surface area contributed by atoms with E-state index in [0.717, 1.165) is 35.6 Å². The number of carbonyl (C=O) groups is 1. The van der Waals surface area contributed by atoms with Crippen LogP contribution in [-0.4, -0.2) is 55.0 Å². The summed E-state index contributed by atoms with van der Waals surface area (Å²) in [6.07, 6.45) is 9.99. The van der Waals surface area contributed by atoms with Crippen LogP contribution in [0.5, 0.6) is 11.5 Å². The molecule has 6 nitrogen and oxygen atoms in total. The summed E-state index contributed by atoms with van der Waals surface area (Å²) < 4.78 is 11.5. The van der Waals surface area contributed by atoms with Crippen LogP contribution in [0.3, 0.4) is 0 Å². The Kier molecular flexibility index (Phi) is 9.35. The Morgan fingerprint density at radius 2 is 1.88 bits per heavy atom. The lowest BCUT2D eigenvalue weighted by molar-refractivity contribution is -0.133. The molecule has 174 valence electrons. The second-order valence-electron chi connectivity index (χ2n) is 8.96. The van der Waals surface area contributed by atoms with Gasteiger partial charge in [-0.2, -0.15) is 0 Å². The summed E-state index contributed by atoms with van der Waals surface area (Å²) in [5, 5.41) is 0. The zero-order valence-corrected chi connectivity index (χ0v) is 19.8. The highest BCUT2D eigenvalue weighted by Gasteiger charge is 2.23. The molecule has 0 aliphatic heterocycles. The van der Waals surface area contributed by atoms with Crippen molar-refractivity contribution in [2.24, 2.45) is 5.92 Å². The molecule has 32 heavy (non-hydrogen) atoms. The van der Waals surface area contributed by atoms with Gasteiger partial charge in [-0.15, -0.1) is 0 Å². The maximum atomic E-state index is 13.2. The first kappa shape index (κ1) is 24.1. The van der Waals surface area contributed by atoms with Gasteiger partial charge in [-0.1, -0.05) is 25.0 Å². The molecule has 0 bridgehead atoms. The minimum absolute atomic E-state index is 0.213. The molecule has 1 heterocycles. The molecule has 1 saturated carbocycles. The lowest BCUT2D eigenvalue weighted by Gasteiger charge is -2.25. The number of amides is 1. The predicted octanol–water partition coefficient (Wildman–Crippen LogP) is 4.53. The maximum absolute atomic E-state index is 13.2. The maximum Gasteiger partial charge on any atom is 0.223 e. The molecular formula is C26H37N3O3. The van der Waals surface area contributed by atoms with E-state index in [4.69, 9.17) is 9.47 Å². The highest BCUT2D eigenvalue weighted by atomic mass is 16.5. The summed E-state index contributed by atoms with van der Waals surface area (Å²) in [5.74, 6) is 2.18. The van der Waals surface area contributed by atoms with E-state index in [1.165, 1.54) is 25.7 Å². The number of hydrogen-bond acceptors (Lipinski definition) is 5. The van der Waals surface area contributed by atoms with E-state index in [1.807, 2.05) is 41.4 Å². The quantitative estimate of drug-likeness (QED) is 0.455. The minimum atomic E-state index is 0.213. The van der Waals surface area contributed by atoms with Gasteiger partial charge in [0.2, 0.25) is 5.91 Å². The summed E-state index contributed by atoms with van der Waals surface area (Å²) in [7, 11) is 5.77. The highest BCUT2D eigenvalue weighted by molar-refractivity contribution is 5.76. The third-order valence-electron chi connectivity index (χ3n) is 6.00. The molecule has 0 unspecified atom stereocenters. The van der Waals surface area contributed by atoms with Crippen molar-refractivity contribution in [2.45, 2.75) is 51.6 Å². The van der Waals surface area contributed by atoms with Gasteiger partial charge >= 0.3 is 0 Å². The fraction of sp³-hybridized carbons (Fsp3) is 0.538. The lowest BCUT2D eigenvalue weighted by Crippen LogP contribution is -2.31. The molecule has 1 aromatic heterocycles. The smallest absolute Gasteiger partial charge is 0.223 e. The monoisotopic (exact) mass is 439 g/mol. The van der Waals surface area contributed by atoms with Gasteiger partial charge in [-0.3, -0.25) is 9.78 Å². The molecule has 0 N–H and O–H groups in total. The fourth-order valence-electron chi connectivity index (χ4n) is 4.25. The lowest BCUT2D eigenvalue weighted by atomic mass is 10.0. The zero-order valence-electron chi connectivity index (χ0n) is 19.8. The number of rotatable bonds is 12. The third kappa shape index (κ3) is 7.52. The van der Waals surface area contributed by atoms with Crippen molar-refractivity contribution >= 4 is 5.91 Å².